The third kappa shape index (κ3) is 3.82. The molecule has 0 bridgehead atoms. The molecule has 0 spiro atoms. The third-order valence-electron chi connectivity index (χ3n) is 7.78. The van der Waals surface area contributed by atoms with Gasteiger partial charge in [-0.3, -0.25) is 4.79 Å². The van der Waals surface area contributed by atoms with Crippen molar-refractivity contribution in [1.82, 2.24) is 14.5 Å². The molecule has 186 valence electrons. The van der Waals surface area contributed by atoms with E-state index in [-0.39, 0.29) is 6.42 Å². The second kappa shape index (κ2) is 8.75. The molecular weight excluding hydrogens is 468 g/mol. The molecule has 0 atom stereocenters. The van der Waals surface area contributed by atoms with Gasteiger partial charge in [-0.2, -0.15) is 0 Å². The van der Waals surface area contributed by atoms with Gasteiger partial charge in [-0.1, -0.05) is 46.7 Å². The first-order chi connectivity index (χ1) is 17.3. The molecule has 36 heavy (non-hydrogen) atoms. The van der Waals surface area contributed by atoms with E-state index in [1.807, 2.05) is 11.3 Å². The number of carboxylic acid groups (broad SMARTS) is 1. The van der Waals surface area contributed by atoms with Crippen molar-refractivity contribution in [2.45, 2.75) is 53.1 Å². The Morgan fingerprint density at radius 1 is 1.11 bits per heavy atom. The van der Waals surface area contributed by atoms with Crippen molar-refractivity contribution in [3.05, 3.63) is 79.4 Å². The quantitative estimate of drug-likeness (QED) is 0.594. The van der Waals surface area contributed by atoms with Crippen molar-refractivity contribution < 1.29 is 9.90 Å². The molecule has 1 aromatic carbocycles. The molecule has 0 saturated heterocycles. The van der Waals surface area contributed by atoms with Crippen LogP contribution in [0.4, 0.5) is 5.13 Å². The number of benzene rings is 1. The highest BCUT2D eigenvalue weighted by Crippen LogP contribution is 2.37. The Hall–Kier alpha value is -3.16. The van der Waals surface area contributed by atoms with E-state index in [0.29, 0.717) is 0 Å². The van der Waals surface area contributed by atoms with Gasteiger partial charge in [0.2, 0.25) is 0 Å². The molecule has 7 heteroatoms. The summed E-state index contributed by atoms with van der Waals surface area (Å²) in [5.74, 6) is -0.793. The molecular formula is C29H32N4O2S. The number of carboxylic acids is 1. The average Bonchev–Trinajstić information content (AvgIpc) is 3.37. The molecule has 3 aromatic rings. The number of aliphatic carboxylic acids is 1. The van der Waals surface area contributed by atoms with Gasteiger partial charge in [0.1, 0.15) is 0 Å². The first-order valence-corrected chi connectivity index (χ1v) is 13.5. The zero-order chi connectivity index (χ0) is 25.1. The van der Waals surface area contributed by atoms with Gasteiger partial charge in [-0.25, -0.2) is 4.98 Å². The highest BCUT2D eigenvalue weighted by molar-refractivity contribution is 7.15. The second-order valence-corrected chi connectivity index (χ2v) is 11.5. The fourth-order valence-corrected chi connectivity index (χ4v) is 7.16. The first kappa shape index (κ1) is 23.3. The Morgan fingerprint density at radius 3 is 2.64 bits per heavy atom. The van der Waals surface area contributed by atoms with Gasteiger partial charge < -0.3 is 19.5 Å². The number of rotatable bonds is 4. The Morgan fingerprint density at radius 2 is 1.89 bits per heavy atom. The minimum atomic E-state index is -0.793. The van der Waals surface area contributed by atoms with Gasteiger partial charge >= 0.3 is 5.97 Å². The number of nitrogens with zero attached hydrogens (tertiary/aromatic N) is 4. The van der Waals surface area contributed by atoms with Gasteiger partial charge in [-0.15, -0.1) is 0 Å². The summed E-state index contributed by atoms with van der Waals surface area (Å²) < 4.78 is 2.42. The van der Waals surface area contributed by atoms with Crippen LogP contribution in [-0.2, 0) is 24.3 Å². The number of anilines is 1. The molecule has 1 aliphatic carbocycles. The number of hydrogen-bond donors (Lipinski definition) is 1. The van der Waals surface area contributed by atoms with Crippen LogP contribution >= 0.6 is 11.3 Å². The highest BCUT2D eigenvalue weighted by Gasteiger charge is 2.30. The predicted molar refractivity (Wildman–Crippen MR) is 145 cm³/mol. The Labute approximate surface area is 215 Å². The lowest BCUT2D eigenvalue weighted by atomic mass is 9.90. The van der Waals surface area contributed by atoms with E-state index in [9.17, 15) is 9.90 Å². The lowest BCUT2D eigenvalue weighted by Gasteiger charge is -2.30. The van der Waals surface area contributed by atoms with E-state index in [1.54, 1.807) is 0 Å². The molecule has 0 fully saturated rings. The van der Waals surface area contributed by atoms with Crippen molar-refractivity contribution in [2.75, 3.05) is 25.0 Å². The number of aromatic nitrogens is 2. The molecule has 4 heterocycles. The van der Waals surface area contributed by atoms with Gasteiger partial charge in [0, 0.05) is 60.5 Å². The van der Waals surface area contributed by atoms with Gasteiger partial charge in [0.05, 0.1) is 17.5 Å². The maximum absolute atomic E-state index is 12.0. The predicted octanol–water partition coefficient (Wildman–Crippen LogP) is 3.57. The number of hydrogen-bond acceptors (Lipinski definition) is 5. The smallest absolute Gasteiger partial charge is 0.307 e. The Bertz CT molecular complexity index is 1540. The summed E-state index contributed by atoms with van der Waals surface area (Å²) in [6.45, 7) is 10.1. The summed E-state index contributed by atoms with van der Waals surface area (Å²) in [5, 5.41) is 13.3. The summed E-state index contributed by atoms with van der Waals surface area (Å²) in [7, 11) is 2.17. The van der Waals surface area contributed by atoms with Crippen molar-refractivity contribution in [2.24, 2.45) is 0 Å². The monoisotopic (exact) mass is 500 g/mol. The molecule has 2 aromatic heterocycles. The van der Waals surface area contributed by atoms with Crippen LogP contribution < -0.4 is 15.5 Å². The summed E-state index contributed by atoms with van der Waals surface area (Å²) in [5.41, 5.74) is 9.09. The Balaban J connectivity index is 1.62. The van der Waals surface area contributed by atoms with Crippen LogP contribution in [0, 0.1) is 13.8 Å². The molecule has 6 nitrogen and oxygen atoms in total. The van der Waals surface area contributed by atoms with Crippen molar-refractivity contribution in [3.8, 4) is 0 Å². The molecule has 3 aliphatic rings. The van der Waals surface area contributed by atoms with Crippen LogP contribution in [0.3, 0.4) is 0 Å². The largest absolute Gasteiger partial charge is 0.481 e. The fraction of sp³-hybridized carbons (Fsp3) is 0.379. The van der Waals surface area contributed by atoms with E-state index in [2.05, 4.69) is 72.5 Å². The van der Waals surface area contributed by atoms with E-state index in [0.717, 1.165) is 71.7 Å². The Kier molecular flexibility index (Phi) is 5.65. The number of aryl methyl sites for hydroxylation is 2. The normalized spacial score (nSPS) is 17.8. The van der Waals surface area contributed by atoms with Crippen LogP contribution in [0.2, 0.25) is 0 Å². The standard InChI is InChI=1S/C29H32N4O2S/c1-17-5-7-20(8-6-17)27-21(15-26(34)35)18(2)13-24-28-22(27)14-19(3)32(28)11-12-33(24)29-30-23-9-10-31(4)16-25(23)36-29/h5-8,14H,9-13,15-16H2,1-4H3,(H,34,35). The SMILES string of the molecule is CC1=C(CC(=O)O)C(c2ccc(C)cc2)=c2cc(C)n3c2=C(C1)N(c1nc2c(s1)CN(C)CC2)CC3. The van der Waals surface area contributed by atoms with Crippen LogP contribution in [0.5, 0.6) is 0 Å². The zero-order valence-corrected chi connectivity index (χ0v) is 22.2. The summed E-state index contributed by atoms with van der Waals surface area (Å²) in [6.07, 6.45) is 1.74. The maximum atomic E-state index is 12.0. The average molecular weight is 501 g/mol. The summed E-state index contributed by atoms with van der Waals surface area (Å²) in [6, 6.07) is 10.8. The van der Waals surface area contributed by atoms with Gasteiger partial charge in [0.15, 0.2) is 5.13 Å². The molecule has 6 rings (SSSR count). The van der Waals surface area contributed by atoms with E-state index < -0.39 is 5.97 Å². The van der Waals surface area contributed by atoms with Gasteiger partial charge in [-0.05, 0) is 50.6 Å². The minimum absolute atomic E-state index is 0.0177. The lowest BCUT2D eigenvalue weighted by molar-refractivity contribution is -0.136. The minimum Gasteiger partial charge on any atom is -0.481 e. The zero-order valence-electron chi connectivity index (χ0n) is 21.4. The summed E-state index contributed by atoms with van der Waals surface area (Å²) in [4.78, 5) is 23.3. The first-order valence-electron chi connectivity index (χ1n) is 12.7. The highest BCUT2D eigenvalue weighted by atomic mass is 32.1. The second-order valence-electron chi connectivity index (χ2n) is 10.4. The van der Waals surface area contributed by atoms with Crippen LogP contribution in [0.1, 0.15) is 47.2 Å². The molecule has 0 radical (unpaired) electrons. The molecule has 0 amide bonds. The van der Waals surface area contributed by atoms with Crippen molar-refractivity contribution in [3.63, 3.8) is 0 Å². The molecule has 2 aliphatic heterocycles. The number of thiazole rings is 1. The number of carbonyl (C=O) groups is 1. The van der Waals surface area contributed by atoms with E-state index in [4.69, 9.17) is 4.98 Å². The van der Waals surface area contributed by atoms with Crippen LogP contribution in [0.25, 0.3) is 11.3 Å². The van der Waals surface area contributed by atoms with E-state index in [1.165, 1.54) is 32.9 Å². The van der Waals surface area contributed by atoms with Crippen molar-refractivity contribution >= 4 is 33.7 Å². The number of fused-ring (bicyclic) bond motifs is 1. The maximum Gasteiger partial charge on any atom is 0.307 e. The van der Waals surface area contributed by atoms with Crippen LogP contribution in [0.15, 0.2) is 41.5 Å². The number of likely N-dealkylation sites (N-methyl/N-ethyl adjacent to an activating group) is 1. The summed E-state index contributed by atoms with van der Waals surface area (Å²) >= 11 is 1.82. The molecule has 1 N–H and O–H groups in total. The third-order valence-corrected chi connectivity index (χ3v) is 8.88. The lowest BCUT2D eigenvalue weighted by Crippen LogP contribution is -2.45. The van der Waals surface area contributed by atoms with E-state index >= 15 is 0 Å². The van der Waals surface area contributed by atoms with Crippen LogP contribution in [-0.4, -0.2) is 45.7 Å². The molecule has 0 unspecified atom stereocenters. The van der Waals surface area contributed by atoms with Crippen molar-refractivity contribution in [1.29, 1.82) is 0 Å². The van der Waals surface area contributed by atoms with Gasteiger partial charge in [0.25, 0.3) is 0 Å². The topological polar surface area (TPSA) is 61.6 Å². The molecule has 0 saturated carbocycles. The fourth-order valence-electron chi connectivity index (χ4n) is 5.92.